The fraction of sp³-hybridized carbons (Fsp3) is 0.405. The number of likely N-dealkylation sites (tertiary alicyclic amines) is 1. The molecule has 3 aromatic carbocycles. The van der Waals surface area contributed by atoms with Crippen LogP contribution in [0.1, 0.15) is 84.3 Å². The van der Waals surface area contributed by atoms with Crippen LogP contribution in [0.3, 0.4) is 0 Å². The molecule has 0 bridgehead atoms. The zero-order chi connectivity index (χ0) is 35.8. The van der Waals surface area contributed by atoms with Crippen molar-refractivity contribution in [3.8, 4) is 0 Å². The van der Waals surface area contributed by atoms with E-state index in [2.05, 4.69) is 83.1 Å². The summed E-state index contributed by atoms with van der Waals surface area (Å²) in [5.74, 6) is -0.855. The molecule has 0 radical (unpaired) electrons. The molecule has 0 N–H and O–H groups in total. The minimum absolute atomic E-state index is 0.134. The summed E-state index contributed by atoms with van der Waals surface area (Å²) >= 11 is 0. The third-order valence-corrected chi connectivity index (χ3v) is 15.7. The van der Waals surface area contributed by atoms with Crippen molar-refractivity contribution in [2.45, 2.75) is 103 Å². The highest BCUT2D eigenvalue weighted by atomic mass is 28.4. The Kier molecular flexibility index (Phi) is 9.90. The second kappa shape index (κ2) is 13.9. The number of halogens is 1. The largest absolute Gasteiger partial charge is 0.458 e. The van der Waals surface area contributed by atoms with Crippen LogP contribution in [0.15, 0.2) is 96.6 Å². The molecular weight excluding hydrogens is 646 g/mol. The van der Waals surface area contributed by atoms with Gasteiger partial charge < -0.3 is 9.16 Å². The maximum atomic E-state index is 14.4. The number of esters is 1. The number of benzene rings is 3. The summed E-state index contributed by atoms with van der Waals surface area (Å²) in [6.07, 6.45) is 5.34. The predicted molar refractivity (Wildman–Crippen MR) is 197 cm³/mol. The quantitative estimate of drug-likeness (QED) is 0.139. The third-order valence-electron chi connectivity index (χ3n) is 10.6. The third kappa shape index (κ3) is 6.92. The average Bonchev–Trinajstić information content (AvgIpc) is 3.41. The number of hydrogen-bond acceptors (Lipinski definition) is 5. The van der Waals surface area contributed by atoms with Gasteiger partial charge >= 0.3 is 5.97 Å². The van der Waals surface area contributed by atoms with Gasteiger partial charge in [-0.25, -0.2) is 4.39 Å². The first-order chi connectivity index (χ1) is 23.7. The zero-order valence-electron chi connectivity index (χ0n) is 30.0. The van der Waals surface area contributed by atoms with Gasteiger partial charge in [-0.15, -0.1) is 0 Å². The van der Waals surface area contributed by atoms with Crippen molar-refractivity contribution < 1.29 is 27.9 Å². The summed E-state index contributed by atoms with van der Waals surface area (Å²) in [6.45, 7) is 12.6. The van der Waals surface area contributed by atoms with Gasteiger partial charge in [0.25, 0.3) is 8.32 Å². The number of aryl methyl sites for hydroxylation is 1. The monoisotopic (exact) mass is 693 g/mol. The standard InChI is InChI=1S/C42H48FNO5Si/c1-28-23-29(17-20-37(28)43)35-24-30(44-38(45)21-22-39(44)46)27-42(5,6)36(35)19-18-31-25-32(26-40(47)48-31)49-50(41(2,3)4,33-13-9-7-10-14-33)34-15-11-8-12-16-34/h7-20,23,30-32H,21-22,24-27H2,1-6H3/b19-18+/t30?,31-,32-/m1/s1. The molecule has 1 aliphatic carbocycles. The molecule has 0 aromatic heterocycles. The molecular formula is C42H48FNO5Si. The van der Waals surface area contributed by atoms with Crippen molar-refractivity contribution in [3.05, 3.63) is 114 Å². The number of allylic oxidation sites excluding steroid dienone is 2. The van der Waals surface area contributed by atoms with Gasteiger partial charge in [-0.2, -0.15) is 0 Å². The lowest BCUT2D eigenvalue weighted by Crippen LogP contribution is -2.68. The second-order valence-electron chi connectivity index (χ2n) is 15.7. The van der Waals surface area contributed by atoms with Crippen LogP contribution in [-0.2, 0) is 23.5 Å². The van der Waals surface area contributed by atoms with Gasteiger partial charge in [-0.05, 0) is 81.1 Å². The number of carbonyl (C=O) groups is 3. The van der Waals surface area contributed by atoms with Crippen molar-refractivity contribution in [2.24, 2.45) is 5.41 Å². The van der Waals surface area contributed by atoms with Crippen molar-refractivity contribution in [1.29, 1.82) is 0 Å². The van der Waals surface area contributed by atoms with Gasteiger partial charge in [0, 0.05) is 25.3 Å². The van der Waals surface area contributed by atoms with Gasteiger partial charge in [-0.3, -0.25) is 19.3 Å². The van der Waals surface area contributed by atoms with E-state index in [1.54, 1.807) is 13.0 Å². The SMILES string of the molecule is Cc1cc(C2=C(/C=C/[C@@H]3C[C@@H](O[Si](c4ccccc4)(c4ccccc4)C(C)(C)C)CC(=O)O3)C(C)(C)CC(N3C(=O)CCC3=O)C2)ccc1F. The topological polar surface area (TPSA) is 72.9 Å². The van der Waals surface area contributed by atoms with Crippen molar-refractivity contribution in [1.82, 2.24) is 4.90 Å². The summed E-state index contributed by atoms with van der Waals surface area (Å²) in [5, 5.41) is 2.07. The molecule has 2 amide bonds. The molecule has 2 fully saturated rings. The van der Waals surface area contributed by atoms with E-state index < -0.39 is 19.8 Å². The van der Waals surface area contributed by atoms with Crippen LogP contribution in [0, 0.1) is 18.2 Å². The highest BCUT2D eigenvalue weighted by molar-refractivity contribution is 6.99. The Hall–Kier alpha value is -4.14. The zero-order valence-corrected chi connectivity index (χ0v) is 31.0. The van der Waals surface area contributed by atoms with Crippen molar-refractivity contribution in [3.63, 3.8) is 0 Å². The highest BCUT2D eigenvalue weighted by Crippen LogP contribution is 2.47. The summed E-state index contributed by atoms with van der Waals surface area (Å²) in [6, 6.07) is 25.6. The number of amides is 2. The lowest BCUT2D eigenvalue weighted by Gasteiger charge is -2.46. The van der Waals surface area contributed by atoms with E-state index in [0.717, 1.165) is 27.1 Å². The maximum Gasteiger partial charge on any atom is 0.308 e. The molecule has 6 rings (SSSR count). The Bertz CT molecular complexity index is 1770. The summed E-state index contributed by atoms with van der Waals surface area (Å²) in [7, 11) is -2.90. The number of ether oxygens (including phenoxy) is 1. The van der Waals surface area contributed by atoms with E-state index in [9.17, 15) is 18.8 Å². The molecule has 3 aliphatic rings. The maximum absolute atomic E-state index is 14.4. The Morgan fingerprint density at radius 3 is 2.06 bits per heavy atom. The van der Waals surface area contributed by atoms with E-state index >= 15 is 0 Å². The molecule has 8 heteroatoms. The Morgan fingerprint density at radius 2 is 1.50 bits per heavy atom. The van der Waals surface area contributed by atoms with Gasteiger partial charge in [0.15, 0.2) is 0 Å². The van der Waals surface area contributed by atoms with Crippen LogP contribution in [0.5, 0.6) is 0 Å². The fourth-order valence-electron chi connectivity index (χ4n) is 8.29. The van der Waals surface area contributed by atoms with Crippen LogP contribution >= 0.6 is 0 Å². The molecule has 3 aromatic rings. The molecule has 3 atom stereocenters. The summed E-state index contributed by atoms with van der Waals surface area (Å²) in [5.41, 5.74) is 2.92. The number of hydrogen-bond donors (Lipinski definition) is 0. The van der Waals surface area contributed by atoms with Gasteiger partial charge in [0.1, 0.15) is 11.9 Å². The highest BCUT2D eigenvalue weighted by Gasteiger charge is 2.52. The van der Waals surface area contributed by atoms with E-state index in [4.69, 9.17) is 9.16 Å². The van der Waals surface area contributed by atoms with E-state index in [1.165, 1.54) is 11.0 Å². The first kappa shape index (κ1) is 35.7. The normalized spacial score (nSPS) is 23.1. The van der Waals surface area contributed by atoms with E-state index in [-0.39, 0.29) is 60.0 Å². The van der Waals surface area contributed by atoms with Gasteiger partial charge in [0.05, 0.1) is 12.5 Å². The minimum atomic E-state index is -2.90. The Balaban J connectivity index is 1.36. The molecule has 1 unspecified atom stereocenters. The number of cyclic esters (lactones) is 1. The van der Waals surface area contributed by atoms with Crippen LogP contribution < -0.4 is 10.4 Å². The molecule has 0 spiro atoms. The Morgan fingerprint density at radius 1 is 0.900 bits per heavy atom. The molecule has 2 saturated heterocycles. The first-order valence-electron chi connectivity index (χ1n) is 17.7. The average molecular weight is 694 g/mol. The molecule has 262 valence electrons. The Labute approximate surface area is 296 Å². The second-order valence-corrected chi connectivity index (χ2v) is 19.9. The van der Waals surface area contributed by atoms with Crippen LogP contribution in [0.25, 0.3) is 5.57 Å². The number of imide groups is 1. The van der Waals surface area contributed by atoms with Gasteiger partial charge in [0.2, 0.25) is 11.8 Å². The fourth-order valence-corrected chi connectivity index (χ4v) is 13.0. The smallest absolute Gasteiger partial charge is 0.308 e. The van der Waals surface area contributed by atoms with E-state index in [0.29, 0.717) is 24.8 Å². The van der Waals surface area contributed by atoms with Crippen LogP contribution in [0.4, 0.5) is 4.39 Å². The lowest BCUT2D eigenvalue weighted by atomic mass is 9.68. The number of rotatable bonds is 8. The van der Waals surface area contributed by atoms with Crippen LogP contribution in [-0.4, -0.2) is 49.3 Å². The predicted octanol–water partition coefficient (Wildman–Crippen LogP) is 7.43. The first-order valence-corrected chi connectivity index (χ1v) is 19.6. The minimum Gasteiger partial charge on any atom is -0.458 e. The lowest BCUT2D eigenvalue weighted by molar-refractivity contribution is -0.156. The van der Waals surface area contributed by atoms with Crippen molar-refractivity contribution in [2.75, 3.05) is 0 Å². The summed E-state index contributed by atoms with van der Waals surface area (Å²) < 4.78 is 27.7. The number of carbonyl (C=O) groups excluding carboxylic acids is 3. The molecule has 2 aliphatic heterocycles. The van der Waals surface area contributed by atoms with Gasteiger partial charge in [-0.1, -0.05) is 107 Å². The molecule has 50 heavy (non-hydrogen) atoms. The molecule has 6 nitrogen and oxygen atoms in total. The molecule has 2 heterocycles. The van der Waals surface area contributed by atoms with Crippen LogP contribution in [0.2, 0.25) is 5.04 Å². The van der Waals surface area contributed by atoms with E-state index in [1.807, 2.05) is 30.4 Å². The molecule has 0 saturated carbocycles. The number of nitrogens with zero attached hydrogens (tertiary/aromatic N) is 1. The van der Waals surface area contributed by atoms with Crippen molar-refractivity contribution >= 4 is 42.0 Å². The summed E-state index contributed by atoms with van der Waals surface area (Å²) in [4.78, 5) is 40.3.